The van der Waals surface area contributed by atoms with Gasteiger partial charge in [0.15, 0.2) is 11.6 Å². The van der Waals surface area contributed by atoms with Crippen LogP contribution < -0.4 is 10.1 Å². The molecular formula is C21H18ClN7O. The van der Waals surface area contributed by atoms with Crippen molar-refractivity contribution >= 4 is 34.1 Å². The molecule has 0 bridgehead atoms. The Kier molecular flexibility index (Phi) is 5.21. The molecule has 0 radical (unpaired) electrons. The maximum absolute atomic E-state index is 9.58. The van der Waals surface area contributed by atoms with Crippen molar-refractivity contribution in [2.75, 3.05) is 12.4 Å². The highest BCUT2D eigenvalue weighted by Gasteiger charge is 2.17. The van der Waals surface area contributed by atoms with Crippen LogP contribution in [-0.4, -0.2) is 31.8 Å². The Labute approximate surface area is 178 Å². The number of halogens is 1. The topological polar surface area (TPSA) is 102 Å². The Morgan fingerprint density at radius 1 is 1.23 bits per heavy atom. The van der Waals surface area contributed by atoms with Gasteiger partial charge in [-0.05, 0) is 24.6 Å². The van der Waals surface area contributed by atoms with E-state index in [0.29, 0.717) is 51.7 Å². The zero-order chi connectivity index (χ0) is 21.3. The fourth-order valence-electron chi connectivity index (χ4n) is 3.18. The molecule has 9 heteroatoms. The number of fused-ring (bicyclic) bond motifs is 1. The van der Waals surface area contributed by atoms with E-state index in [1.165, 1.54) is 6.20 Å². The molecule has 0 fully saturated rings. The normalized spacial score (nSPS) is 10.8. The molecule has 0 atom stereocenters. The molecule has 8 nitrogen and oxygen atoms in total. The second-order valence-electron chi connectivity index (χ2n) is 6.55. The molecule has 1 aromatic carbocycles. The highest BCUT2D eigenvalue weighted by atomic mass is 35.5. The quantitative estimate of drug-likeness (QED) is 0.479. The number of ether oxygens (including phenoxy) is 1. The van der Waals surface area contributed by atoms with E-state index in [0.717, 1.165) is 10.9 Å². The SMILES string of the molecule is CCc1nc(Cl)cc(Nc2c(C#N)cnn2-c2cc(C)c3cccc(OC)c3n2)n1. The molecule has 0 aliphatic rings. The average molecular weight is 420 g/mol. The van der Waals surface area contributed by atoms with Crippen LogP contribution in [0.5, 0.6) is 5.75 Å². The van der Waals surface area contributed by atoms with E-state index in [4.69, 9.17) is 21.3 Å². The van der Waals surface area contributed by atoms with Crippen LogP contribution in [0.15, 0.2) is 36.5 Å². The fourth-order valence-corrected chi connectivity index (χ4v) is 3.38. The van der Waals surface area contributed by atoms with Crippen molar-refractivity contribution in [3.63, 3.8) is 0 Å². The van der Waals surface area contributed by atoms with Crippen LogP contribution in [0, 0.1) is 18.3 Å². The number of para-hydroxylation sites is 1. The van der Waals surface area contributed by atoms with E-state index < -0.39 is 0 Å². The average Bonchev–Trinajstić information content (AvgIpc) is 3.15. The third-order valence-electron chi connectivity index (χ3n) is 4.63. The van der Waals surface area contributed by atoms with Gasteiger partial charge in [0, 0.05) is 17.9 Å². The summed E-state index contributed by atoms with van der Waals surface area (Å²) in [5, 5.41) is 18.4. The highest BCUT2D eigenvalue weighted by Crippen LogP contribution is 2.30. The Morgan fingerprint density at radius 3 is 2.80 bits per heavy atom. The van der Waals surface area contributed by atoms with Crippen LogP contribution in [0.3, 0.4) is 0 Å². The maximum Gasteiger partial charge on any atom is 0.156 e. The van der Waals surface area contributed by atoms with Gasteiger partial charge in [-0.3, -0.25) is 0 Å². The predicted octanol–water partition coefficient (Wildman–Crippen LogP) is 4.36. The molecule has 0 saturated carbocycles. The highest BCUT2D eigenvalue weighted by molar-refractivity contribution is 6.29. The monoisotopic (exact) mass is 419 g/mol. The van der Waals surface area contributed by atoms with E-state index in [9.17, 15) is 5.26 Å². The van der Waals surface area contributed by atoms with E-state index >= 15 is 0 Å². The molecule has 1 N–H and O–H groups in total. The third-order valence-corrected chi connectivity index (χ3v) is 4.82. The predicted molar refractivity (Wildman–Crippen MR) is 115 cm³/mol. The number of aromatic nitrogens is 5. The van der Waals surface area contributed by atoms with Gasteiger partial charge in [0.1, 0.15) is 39.7 Å². The van der Waals surface area contributed by atoms with Crippen LogP contribution in [0.1, 0.15) is 23.9 Å². The van der Waals surface area contributed by atoms with Gasteiger partial charge in [0.25, 0.3) is 0 Å². The second kappa shape index (κ2) is 7.97. The minimum absolute atomic E-state index is 0.318. The molecule has 4 aromatic rings. The molecule has 0 aliphatic heterocycles. The molecular weight excluding hydrogens is 402 g/mol. The Balaban J connectivity index is 1.87. The molecule has 4 rings (SSSR count). The summed E-state index contributed by atoms with van der Waals surface area (Å²) in [6.45, 7) is 3.93. The van der Waals surface area contributed by atoms with Crippen molar-refractivity contribution in [3.8, 4) is 17.6 Å². The first-order chi connectivity index (χ1) is 14.5. The van der Waals surface area contributed by atoms with Crippen molar-refractivity contribution in [1.82, 2.24) is 24.7 Å². The number of nitrogens with one attached hydrogen (secondary N) is 1. The number of aryl methyl sites for hydroxylation is 2. The molecule has 150 valence electrons. The summed E-state index contributed by atoms with van der Waals surface area (Å²) < 4.78 is 7.04. The zero-order valence-electron chi connectivity index (χ0n) is 16.6. The van der Waals surface area contributed by atoms with Gasteiger partial charge >= 0.3 is 0 Å². The lowest BCUT2D eigenvalue weighted by atomic mass is 10.1. The van der Waals surface area contributed by atoms with Crippen molar-refractivity contribution in [1.29, 1.82) is 5.26 Å². The smallest absolute Gasteiger partial charge is 0.156 e. The van der Waals surface area contributed by atoms with E-state index in [2.05, 4.69) is 26.5 Å². The van der Waals surface area contributed by atoms with Crippen molar-refractivity contribution in [2.45, 2.75) is 20.3 Å². The third kappa shape index (κ3) is 3.51. The number of benzene rings is 1. The fraction of sp³-hybridized carbons (Fsp3) is 0.190. The van der Waals surface area contributed by atoms with Gasteiger partial charge in [0.2, 0.25) is 0 Å². The Bertz CT molecular complexity index is 1290. The second-order valence-corrected chi connectivity index (χ2v) is 6.94. The molecule has 0 amide bonds. The van der Waals surface area contributed by atoms with E-state index in [-0.39, 0.29) is 0 Å². The first-order valence-corrected chi connectivity index (χ1v) is 9.65. The largest absolute Gasteiger partial charge is 0.494 e. The molecule has 0 aliphatic carbocycles. The summed E-state index contributed by atoms with van der Waals surface area (Å²) in [7, 11) is 1.61. The number of hydrogen-bond donors (Lipinski definition) is 1. The summed E-state index contributed by atoms with van der Waals surface area (Å²) in [4.78, 5) is 13.4. The van der Waals surface area contributed by atoms with Gasteiger partial charge in [-0.1, -0.05) is 30.7 Å². The number of pyridine rings is 1. The number of hydrogen-bond acceptors (Lipinski definition) is 7. The summed E-state index contributed by atoms with van der Waals surface area (Å²) in [5.41, 5.74) is 2.07. The van der Waals surface area contributed by atoms with Gasteiger partial charge in [0.05, 0.1) is 13.3 Å². The molecule has 30 heavy (non-hydrogen) atoms. The number of anilines is 2. The Hall–Kier alpha value is -3.70. The lowest BCUT2D eigenvalue weighted by Crippen LogP contribution is -2.08. The summed E-state index contributed by atoms with van der Waals surface area (Å²) in [6.07, 6.45) is 2.11. The number of methoxy groups -OCH3 is 1. The minimum Gasteiger partial charge on any atom is -0.494 e. The molecule has 3 aromatic heterocycles. The number of nitrogens with zero attached hydrogens (tertiary/aromatic N) is 6. The van der Waals surface area contributed by atoms with Crippen molar-refractivity contribution < 1.29 is 4.74 Å². The summed E-state index contributed by atoms with van der Waals surface area (Å²) >= 11 is 6.11. The summed E-state index contributed by atoms with van der Waals surface area (Å²) in [5.74, 6) is 2.72. The van der Waals surface area contributed by atoms with Gasteiger partial charge < -0.3 is 10.1 Å². The lowest BCUT2D eigenvalue weighted by molar-refractivity contribution is 0.419. The van der Waals surface area contributed by atoms with E-state index in [1.807, 2.05) is 38.1 Å². The minimum atomic E-state index is 0.318. The standard InChI is InChI=1S/C21H18ClN7O/c1-4-17-25-16(22)9-18(26-17)27-21-13(10-23)11-24-29(21)19-8-12(2)14-6-5-7-15(30-3)20(14)28-19/h5-9,11H,4H2,1-3H3,(H,25,26,27). The Morgan fingerprint density at radius 2 is 2.07 bits per heavy atom. The first kappa shape index (κ1) is 19.6. The molecule has 0 spiro atoms. The number of rotatable bonds is 5. The van der Waals surface area contributed by atoms with Crippen molar-refractivity contribution in [3.05, 3.63) is 58.6 Å². The molecule has 0 saturated heterocycles. The molecule has 0 unspecified atom stereocenters. The lowest BCUT2D eigenvalue weighted by Gasteiger charge is -2.13. The van der Waals surface area contributed by atoms with Gasteiger partial charge in [-0.2, -0.15) is 15.0 Å². The van der Waals surface area contributed by atoms with Gasteiger partial charge in [-0.25, -0.2) is 15.0 Å². The van der Waals surface area contributed by atoms with Crippen molar-refractivity contribution in [2.24, 2.45) is 0 Å². The van der Waals surface area contributed by atoms with Crippen LogP contribution in [0.4, 0.5) is 11.6 Å². The van der Waals surface area contributed by atoms with Crippen LogP contribution in [0.25, 0.3) is 16.7 Å². The first-order valence-electron chi connectivity index (χ1n) is 9.27. The van der Waals surface area contributed by atoms with Gasteiger partial charge in [-0.15, -0.1) is 0 Å². The van der Waals surface area contributed by atoms with Crippen LogP contribution in [0.2, 0.25) is 5.15 Å². The maximum atomic E-state index is 9.58. The van der Waals surface area contributed by atoms with Crippen LogP contribution >= 0.6 is 11.6 Å². The number of nitriles is 1. The summed E-state index contributed by atoms with van der Waals surface area (Å²) in [6, 6.07) is 11.4. The van der Waals surface area contributed by atoms with E-state index in [1.54, 1.807) is 17.9 Å². The van der Waals surface area contributed by atoms with Crippen LogP contribution in [-0.2, 0) is 6.42 Å². The zero-order valence-corrected chi connectivity index (χ0v) is 17.4. The molecule has 3 heterocycles.